The van der Waals surface area contributed by atoms with E-state index in [1.165, 1.54) is 12.1 Å². The second-order valence-corrected chi connectivity index (χ2v) is 8.05. The Balaban J connectivity index is 1.40. The lowest BCUT2D eigenvalue weighted by Gasteiger charge is -2.25. The lowest BCUT2D eigenvalue weighted by molar-refractivity contribution is -0.139. The molecule has 0 fully saturated rings. The van der Waals surface area contributed by atoms with Gasteiger partial charge in [0.25, 0.3) is 0 Å². The fourth-order valence-electron chi connectivity index (χ4n) is 3.80. The smallest absolute Gasteiger partial charge is 0.249 e. The largest absolute Gasteiger partial charge is 0.496 e. The van der Waals surface area contributed by atoms with Crippen LogP contribution < -0.4 is 4.74 Å². The molecule has 0 saturated heterocycles. The van der Waals surface area contributed by atoms with E-state index in [9.17, 15) is 9.18 Å². The maximum Gasteiger partial charge on any atom is 0.249 e. The van der Waals surface area contributed by atoms with Gasteiger partial charge >= 0.3 is 0 Å². The van der Waals surface area contributed by atoms with Crippen LogP contribution in [0.15, 0.2) is 84.0 Å². The van der Waals surface area contributed by atoms with Crippen molar-refractivity contribution in [3.8, 4) is 5.75 Å². The summed E-state index contributed by atoms with van der Waals surface area (Å²) in [4.78, 5) is 20.4. The minimum Gasteiger partial charge on any atom is -0.496 e. The third-order valence-corrected chi connectivity index (χ3v) is 5.55. The fourth-order valence-corrected chi connectivity index (χ4v) is 3.80. The van der Waals surface area contributed by atoms with Crippen molar-refractivity contribution in [3.05, 3.63) is 101 Å². The van der Waals surface area contributed by atoms with Crippen molar-refractivity contribution in [1.82, 2.24) is 4.90 Å². The number of nitrogens with zero attached hydrogens (tertiary/aromatic N) is 2. The number of halogens is 1. The van der Waals surface area contributed by atoms with Crippen LogP contribution in [0, 0.1) is 5.82 Å². The van der Waals surface area contributed by atoms with E-state index in [2.05, 4.69) is 5.16 Å². The van der Waals surface area contributed by atoms with Gasteiger partial charge in [-0.05, 0) is 35.4 Å². The van der Waals surface area contributed by atoms with Gasteiger partial charge in [0.05, 0.1) is 26.0 Å². The average molecular weight is 463 g/mol. The van der Waals surface area contributed by atoms with Crippen molar-refractivity contribution in [2.45, 2.75) is 25.7 Å². The number of amides is 1. The summed E-state index contributed by atoms with van der Waals surface area (Å²) in [5.74, 6) is 0.232. The molecular formula is C27H27FN2O4. The number of methoxy groups -OCH3 is 1. The second kappa shape index (κ2) is 11.4. The number of oxime groups is 1. The molecule has 1 heterocycles. The summed E-state index contributed by atoms with van der Waals surface area (Å²) in [6.45, 7) is 0.922. The first-order valence-electron chi connectivity index (χ1n) is 11.1. The van der Waals surface area contributed by atoms with Gasteiger partial charge in [0.15, 0.2) is 6.10 Å². The Morgan fingerprint density at radius 2 is 1.76 bits per heavy atom. The van der Waals surface area contributed by atoms with Gasteiger partial charge in [-0.15, -0.1) is 0 Å². The highest BCUT2D eigenvalue weighted by atomic mass is 19.1. The number of carbonyl (C=O) groups is 1. The van der Waals surface area contributed by atoms with E-state index in [1.54, 1.807) is 24.1 Å². The minimum atomic E-state index is -0.318. The number of para-hydroxylation sites is 1. The standard InChI is InChI=1S/C27H27FN2O4/c1-32-26-10-6-5-9-24(26)25-15-23(34-29-25)17-30(16-20-11-13-22(28)14-12-20)27(31)19-33-18-21-7-3-2-4-8-21/h2-14,23H,15-19H2,1H3/t23-/m0/s1. The van der Waals surface area contributed by atoms with Crippen LogP contribution in [0.4, 0.5) is 4.39 Å². The predicted octanol–water partition coefficient (Wildman–Crippen LogP) is 4.57. The zero-order valence-electron chi connectivity index (χ0n) is 19.0. The van der Waals surface area contributed by atoms with Crippen LogP contribution in [0.2, 0.25) is 0 Å². The highest BCUT2D eigenvalue weighted by Gasteiger charge is 2.28. The minimum absolute atomic E-state index is 0.0664. The normalized spacial score (nSPS) is 14.9. The van der Waals surface area contributed by atoms with Gasteiger partial charge in [0.2, 0.25) is 5.91 Å². The molecule has 0 spiro atoms. The van der Waals surface area contributed by atoms with Gasteiger partial charge in [0.1, 0.15) is 18.2 Å². The first kappa shape index (κ1) is 23.4. The van der Waals surface area contributed by atoms with Gasteiger partial charge in [-0.25, -0.2) is 4.39 Å². The van der Waals surface area contributed by atoms with Crippen LogP contribution in [0.5, 0.6) is 5.75 Å². The molecule has 7 heteroatoms. The summed E-state index contributed by atoms with van der Waals surface area (Å²) in [5, 5.41) is 4.25. The SMILES string of the molecule is COc1ccccc1C1=NO[C@H](CN(Cc2ccc(F)cc2)C(=O)COCc2ccccc2)C1. The molecule has 0 N–H and O–H groups in total. The van der Waals surface area contributed by atoms with Gasteiger partial charge in [-0.3, -0.25) is 4.79 Å². The van der Waals surface area contributed by atoms with E-state index in [4.69, 9.17) is 14.3 Å². The number of carbonyl (C=O) groups excluding carboxylic acids is 1. The molecule has 0 radical (unpaired) electrons. The first-order valence-corrected chi connectivity index (χ1v) is 11.1. The van der Waals surface area contributed by atoms with Crippen molar-refractivity contribution < 1.29 is 23.5 Å². The molecule has 0 aliphatic carbocycles. The van der Waals surface area contributed by atoms with Crippen LogP contribution in [-0.4, -0.2) is 42.9 Å². The Hall–Kier alpha value is -3.71. The summed E-state index contributed by atoms with van der Waals surface area (Å²) in [6, 6.07) is 23.4. The summed E-state index contributed by atoms with van der Waals surface area (Å²) >= 11 is 0. The van der Waals surface area contributed by atoms with E-state index < -0.39 is 0 Å². The van der Waals surface area contributed by atoms with Crippen molar-refractivity contribution >= 4 is 11.6 Å². The molecule has 6 nitrogen and oxygen atoms in total. The third-order valence-electron chi connectivity index (χ3n) is 5.55. The average Bonchev–Trinajstić information content (AvgIpc) is 3.34. The quantitative estimate of drug-likeness (QED) is 0.443. The van der Waals surface area contributed by atoms with Crippen molar-refractivity contribution in [1.29, 1.82) is 0 Å². The lowest BCUT2D eigenvalue weighted by Crippen LogP contribution is -2.39. The Morgan fingerprint density at radius 3 is 2.53 bits per heavy atom. The van der Waals surface area contributed by atoms with Gasteiger partial charge in [-0.1, -0.05) is 59.8 Å². The molecule has 34 heavy (non-hydrogen) atoms. The molecule has 3 aromatic carbocycles. The van der Waals surface area contributed by atoms with Crippen molar-refractivity contribution in [2.24, 2.45) is 5.16 Å². The number of hydrogen-bond donors (Lipinski definition) is 0. The molecule has 176 valence electrons. The third kappa shape index (κ3) is 6.20. The van der Waals surface area contributed by atoms with E-state index in [0.29, 0.717) is 26.1 Å². The molecule has 1 amide bonds. The zero-order valence-corrected chi connectivity index (χ0v) is 19.0. The Bertz CT molecular complexity index is 1120. The van der Waals surface area contributed by atoms with E-state index in [0.717, 1.165) is 28.2 Å². The van der Waals surface area contributed by atoms with Crippen LogP contribution in [0.3, 0.4) is 0 Å². The van der Waals surface area contributed by atoms with Gasteiger partial charge < -0.3 is 19.2 Å². The monoisotopic (exact) mass is 462 g/mol. The molecule has 0 aromatic heterocycles. The summed E-state index contributed by atoms with van der Waals surface area (Å²) in [6.07, 6.45) is 0.233. The molecule has 1 aliphatic rings. The molecule has 0 saturated carbocycles. The van der Waals surface area contributed by atoms with Gasteiger partial charge in [0, 0.05) is 18.5 Å². The molecule has 1 aliphatic heterocycles. The fraction of sp³-hybridized carbons (Fsp3) is 0.259. The molecule has 0 bridgehead atoms. The van der Waals surface area contributed by atoms with E-state index in [-0.39, 0.29) is 24.4 Å². The number of benzene rings is 3. The number of ether oxygens (including phenoxy) is 2. The highest BCUT2D eigenvalue weighted by Crippen LogP contribution is 2.25. The molecule has 3 aromatic rings. The molecule has 0 unspecified atom stereocenters. The first-order chi connectivity index (χ1) is 16.6. The van der Waals surface area contributed by atoms with Crippen LogP contribution >= 0.6 is 0 Å². The molecule has 1 atom stereocenters. The zero-order chi connectivity index (χ0) is 23.8. The maximum absolute atomic E-state index is 13.4. The van der Waals surface area contributed by atoms with E-state index in [1.807, 2.05) is 54.6 Å². The maximum atomic E-state index is 13.4. The Kier molecular flexibility index (Phi) is 7.88. The summed E-state index contributed by atoms with van der Waals surface area (Å²) in [7, 11) is 1.62. The summed E-state index contributed by atoms with van der Waals surface area (Å²) < 4.78 is 24.5. The van der Waals surface area contributed by atoms with Gasteiger partial charge in [-0.2, -0.15) is 0 Å². The Morgan fingerprint density at radius 1 is 1.03 bits per heavy atom. The van der Waals surface area contributed by atoms with Crippen LogP contribution in [0.1, 0.15) is 23.1 Å². The topological polar surface area (TPSA) is 60.4 Å². The Labute approximate surface area is 198 Å². The van der Waals surface area contributed by atoms with Crippen molar-refractivity contribution in [3.63, 3.8) is 0 Å². The number of rotatable bonds is 10. The highest BCUT2D eigenvalue weighted by molar-refractivity contribution is 6.03. The van der Waals surface area contributed by atoms with Crippen molar-refractivity contribution in [2.75, 3.05) is 20.3 Å². The number of hydrogen-bond acceptors (Lipinski definition) is 5. The molecular weight excluding hydrogens is 435 g/mol. The van der Waals surface area contributed by atoms with E-state index >= 15 is 0 Å². The van der Waals surface area contributed by atoms with Crippen LogP contribution in [-0.2, 0) is 27.5 Å². The molecule has 4 rings (SSSR count). The summed E-state index contributed by atoms with van der Waals surface area (Å²) in [5.41, 5.74) is 3.46. The predicted molar refractivity (Wildman–Crippen MR) is 127 cm³/mol. The lowest BCUT2D eigenvalue weighted by atomic mass is 10.0. The van der Waals surface area contributed by atoms with Crippen LogP contribution in [0.25, 0.3) is 0 Å². The second-order valence-electron chi connectivity index (χ2n) is 8.05.